The van der Waals surface area contributed by atoms with Gasteiger partial charge in [-0.3, -0.25) is 4.79 Å². The Morgan fingerprint density at radius 2 is 2.24 bits per heavy atom. The molecule has 5 unspecified atom stereocenters. The van der Waals surface area contributed by atoms with E-state index in [2.05, 4.69) is 28.4 Å². The van der Waals surface area contributed by atoms with E-state index in [1.165, 1.54) is 16.9 Å². The minimum Gasteiger partial charge on any atom is -0.506 e. The van der Waals surface area contributed by atoms with Gasteiger partial charge in [-0.25, -0.2) is 4.98 Å². The number of halogens is 1. The van der Waals surface area contributed by atoms with Gasteiger partial charge in [0.05, 0.1) is 10.7 Å². The molecule has 0 spiro atoms. The Morgan fingerprint density at radius 1 is 1.41 bits per heavy atom. The fraction of sp³-hybridized carbons (Fsp3) is 0.577. The van der Waals surface area contributed by atoms with Crippen LogP contribution in [-0.2, 0) is 16.1 Å². The lowest BCUT2D eigenvalue weighted by atomic mass is 9.54. The van der Waals surface area contributed by atoms with Crippen LogP contribution in [0.4, 0.5) is 5.13 Å². The van der Waals surface area contributed by atoms with Crippen molar-refractivity contribution < 1.29 is 14.7 Å². The van der Waals surface area contributed by atoms with Crippen molar-refractivity contribution in [3.63, 3.8) is 0 Å². The molecule has 8 heteroatoms. The number of rotatable bonds is 5. The second kappa shape index (κ2) is 9.15. The summed E-state index contributed by atoms with van der Waals surface area (Å²) in [5, 5.41) is 18.8. The summed E-state index contributed by atoms with van der Waals surface area (Å²) < 4.78 is 0. The number of hydrogen-bond acceptors (Lipinski definition) is 6. The SMILES string of the molecule is CO/N=C1\CC(CCC(=O)Nc2ncc(C)s2)C2C3CCc4c(ccc(O)c4Cl)C3CCC12C. The Balaban J connectivity index is 1.39. The van der Waals surface area contributed by atoms with Gasteiger partial charge < -0.3 is 15.3 Å². The van der Waals surface area contributed by atoms with E-state index in [4.69, 9.17) is 16.4 Å². The van der Waals surface area contributed by atoms with E-state index in [0.29, 0.717) is 40.2 Å². The number of nitrogens with one attached hydrogen (secondary N) is 1. The van der Waals surface area contributed by atoms with Gasteiger partial charge in [-0.1, -0.05) is 29.7 Å². The van der Waals surface area contributed by atoms with Gasteiger partial charge in [0.25, 0.3) is 0 Å². The third-order valence-corrected chi connectivity index (χ3v) is 9.76. The van der Waals surface area contributed by atoms with E-state index in [0.717, 1.165) is 54.7 Å². The number of aromatic hydroxyl groups is 1. The number of benzene rings is 1. The number of carbonyl (C=O) groups excluding carboxylic acids is 1. The monoisotopic (exact) mass is 501 g/mol. The van der Waals surface area contributed by atoms with Crippen molar-refractivity contribution in [2.45, 2.75) is 64.7 Å². The molecule has 2 aromatic rings. The summed E-state index contributed by atoms with van der Waals surface area (Å²) in [6.07, 6.45) is 8.00. The molecule has 0 saturated heterocycles. The number of hydrogen-bond donors (Lipinski definition) is 2. The van der Waals surface area contributed by atoms with Crippen LogP contribution in [-0.4, -0.2) is 28.8 Å². The van der Waals surface area contributed by atoms with Gasteiger partial charge in [-0.2, -0.15) is 0 Å². The number of aryl methyl sites for hydroxylation is 1. The quantitative estimate of drug-likeness (QED) is 0.470. The minimum absolute atomic E-state index is 0.0110. The third kappa shape index (κ3) is 4.01. The summed E-state index contributed by atoms with van der Waals surface area (Å²) >= 11 is 7.99. The molecular weight excluding hydrogens is 470 g/mol. The molecule has 1 heterocycles. The maximum atomic E-state index is 12.7. The predicted octanol–water partition coefficient (Wildman–Crippen LogP) is 6.31. The molecule has 1 aromatic heterocycles. The lowest BCUT2D eigenvalue weighted by Crippen LogP contribution is -2.44. The van der Waals surface area contributed by atoms with Crippen LogP contribution in [0.5, 0.6) is 5.75 Å². The standard InChI is InChI=1S/C26H32ClN3O3S/c1-14-13-28-25(34-14)29-22(32)9-4-15-12-21(30-33-3)26(2)11-10-17-16-7-8-20(31)24(27)19(16)6-5-18(17)23(15)26/h7-8,13,15,17-18,23,31H,4-6,9-12H2,1-3H3,(H,28,29,32)/b30-21+. The highest BCUT2D eigenvalue weighted by molar-refractivity contribution is 7.15. The number of thiazole rings is 1. The number of phenols is 1. The zero-order valence-electron chi connectivity index (χ0n) is 19.9. The summed E-state index contributed by atoms with van der Waals surface area (Å²) in [5.41, 5.74) is 3.55. The lowest BCUT2D eigenvalue weighted by Gasteiger charge is -2.50. The molecule has 182 valence electrons. The molecular formula is C26H32ClN3O3S. The number of phenolic OH excluding ortho intramolecular Hbond substituents is 1. The van der Waals surface area contributed by atoms with Crippen molar-refractivity contribution >= 4 is 39.7 Å². The molecule has 0 bridgehead atoms. The number of aromatic nitrogens is 1. The molecule has 1 amide bonds. The normalized spacial score (nSPS) is 31.0. The van der Waals surface area contributed by atoms with E-state index < -0.39 is 0 Å². The molecule has 5 rings (SSSR count). The maximum absolute atomic E-state index is 12.7. The molecule has 3 aliphatic carbocycles. The summed E-state index contributed by atoms with van der Waals surface area (Å²) in [4.78, 5) is 23.3. The highest BCUT2D eigenvalue weighted by Gasteiger charge is 2.57. The smallest absolute Gasteiger partial charge is 0.226 e. The first-order valence-corrected chi connectivity index (χ1v) is 13.3. The number of nitrogens with zero attached hydrogens (tertiary/aromatic N) is 2. The maximum Gasteiger partial charge on any atom is 0.226 e. The van der Waals surface area contributed by atoms with Gasteiger partial charge in [0, 0.05) is 22.9 Å². The third-order valence-electron chi connectivity index (χ3n) is 8.51. The first kappa shape index (κ1) is 23.6. The van der Waals surface area contributed by atoms with Crippen molar-refractivity contribution in [1.82, 2.24) is 4.98 Å². The second-order valence-electron chi connectivity index (χ2n) is 10.3. The van der Waals surface area contributed by atoms with Crippen LogP contribution in [0.3, 0.4) is 0 Å². The number of carbonyl (C=O) groups is 1. The molecule has 34 heavy (non-hydrogen) atoms. The van der Waals surface area contributed by atoms with Gasteiger partial charge >= 0.3 is 0 Å². The van der Waals surface area contributed by atoms with Crippen molar-refractivity contribution in [3.8, 4) is 5.75 Å². The number of oxime groups is 1. The zero-order valence-corrected chi connectivity index (χ0v) is 21.5. The van der Waals surface area contributed by atoms with E-state index in [9.17, 15) is 9.90 Å². The summed E-state index contributed by atoms with van der Waals surface area (Å²) in [6, 6.07) is 3.82. The number of amides is 1. The van der Waals surface area contributed by atoms with E-state index in [-0.39, 0.29) is 17.1 Å². The highest BCUT2D eigenvalue weighted by Crippen LogP contribution is 2.63. The second-order valence-corrected chi connectivity index (χ2v) is 11.9. The first-order valence-electron chi connectivity index (χ1n) is 12.1. The zero-order chi connectivity index (χ0) is 24.0. The van der Waals surface area contributed by atoms with Crippen LogP contribution >= 0.6 is 22.9 Å². The summed E-state index contributed by atoms with van der Waals surface area (Å²) in [6.45, 7) is 4.34. The van der Waals surface area contributed by atoms with Crippen molar-refractivity contribution in [1.29, 1.82) is 0 Å². The Kier molecular flexibility index (Phi) is 6.36. The Bertz CT molecular complexity index is 1130. The van der Waals surface area contributed by atoms with Crippen LogP contribution in [0.25, 0.3) is 0 Å². The van der Waals surface area contributed by atoms with Gasteiger partial charge in [-0.15, -0.1) is 11.3 Å². The summed E-state index contributed by atoms with van der Waals surface area (Å²) in [7, 11) is 1.62. The highest BCUT2D eigenvalue weighted by atomic mass is 35.5. The fourth-order valence-corrected chi connectivity index (χ4v) is 8.07. The molecule has 2 N–H and O–H groups in total. The van der Waals surface area contributed by atoms with Crippen molar-refractivity contribution in [2.24, 2.45) is 28.3 Å². The van der Waals surface area contributed by atoms with Crippen LogP contribution in [0, 0.1) is 30.1 Å². The fourth-order valence-electron chi connectivity index (χ4n) is 7.12. The Morgan fingerprint density at radius 3 is 2.97 bits per heavy atom. The molecule has 1 aromatic carbocycles. The molecule has 5 atom stereocenters. The molecule has 2 saturated carbocycles. The van der Waals surface area contributed by atoms with Gasteiger partial charge in [0.15, 0.2) is 5.13 Å². The lowest BCUT2D eigenvalue weighted by molar-refractivity contribution is -0.116. The predicted molar refractivity (Wildman–Crippen MR) is 136 cm³/mol. The van der Waals surface area contributed by atoms with E-state index in [1.54, 1.807) is 19.4 Å². The average Bonchev–Trinajstić information content (AvgIpc) is 3.34. The number of fused-ring (bicyclic) bond motifs is 5. The first-order chi connectivity index (χ1) is 16.3. The van der Waals surface area contributed by atoms with E-state index >= 15 is 0 Å². The molecule has 3 aliphatic rings. The summed E-state index contributed by atoms with van der Waals surface area (Å²) in [5.74, 6) is 1.95. The van der Waals surface area contributed by atoms with Crippen molar-refractivity contribution in [3.05, 3.63) is 39.4 Å². The van der Waals surface area contributed by atoms with Crippen LogP contribution in [0.15, 0.2) is 23.5 Å². The van der Waals surface area contributed by atoms with Gasteiger partial charge in [0.2, 0.25) is 5.91 Å². The topological polar surface area (TPSA) is 83.8 Å². The van der Waals surface area contributed by atoms with Crippen LogP contribution in [0.2, 0.25) is 5.02 Å². The van der Waals surface area contributed by atoms with Crippen molar-refractivity contribution in [2.75, 3.05) is 12.4 Å². The molecule has 6 nitrogen and oxygen atoms in total. The van der Waals surface area contributed by atoms with Crippen LogP contribution in [0.1, 0.15) is 67.4 Å². The Hall–Kier alpha value is -2.12. The van der Waals surface area contributed by atoms with E-state index in [1.807, 2.05) is 6.92 Å². The minimum atomic E-state index is -0.0110. The molecule has 0 aliphatic heterocycles. The van der Waals surface area contributed by atoms with Gasteiger partial charge in [-0.05, 0) is 86.3 Å². The molecule has 0 radical (unpaired) electrons. The molecule has 2 fully saturated rings. The number of anilines is 1. The van der Waals surface area contributed by atoms with Gasteiger partial charge in [0.1, 0.15) is 12.9 Å². The Labute approximate surface area is 209 Å². The average molecular weight is 502 g/mol. The largest absolute Gasteiger partial charge is 0.506 e. The van der Waals surface area contributed by atoms with Crippen LogP contribution < -0.4 is 5.32 Å².